The molecule has 0 atom stereocenters. The molecule has 0 unspecified atom stereocenters. The van der Waals surface area contributed by atoms with Gasteiger partial charge in [-0.05, 0) is 25.3 Å². The summed E-state index contributed by atoms with van der Waals surface area (Å²) in [7, 11) is 1.94. The SMILES string of the molecule is C=Nc1c(C(=C)C)ccn1C. The average molecular weight is 148 g/mol. The third-order valence-corrected chi connectivity index (χ3v) is 1.65. The molecule has 0 radical (unpaired) electrons. The first-order valence-corrected chi connectivity index (χ1v) is 3.44. The minimum absolute atomic E-state index is 0.887. The fourth-order valence-electron chi connectivity index (χ4n) is 1.05. The standard InChI is InChI=1S/C9H12N2/c1-7(2)8-5-6-11(4)9(8)10-3/h5-6H,1,3H2,2,4H3. The maximum absolute atomic E-state index is 3.90. The summed E-state index contributed by atoms with van der Waals surface area (Å²) in [4.78, 5) is 3.90. The number of hydrogen-bond acceptors (Lipinski definition) is 1. The van der Waals surface area contributed by atoms with Gasteiger partial charge in [0.25, 0.3) is 0 Å². The summed E-state index contributed by atoms with van der Waals surface area (Å²) in [6, 6.07) is 1.99. The average Bonchev–Trinajstić information content (AvgIpc) is 2.30. The van der Waals surface area contributed by atoms with Gasteiger partial charge in [0.05, 0.1) is 0 Å². The molecule has 11 heavy (non-hydrogen) atoms. The number of nitrogens with zero attached hydrogens (tertiary/aromatic N) is 2. The molecule has 0 spiro atoms. The van der Waals surface area contributed by atoms with Gasteiger partial charge in [0.2, 0.25) is 0 Å². The molecule has 1 heterocycles. The molecule has 2 nitrogen and oxygen atoms in total. The van der Waals surface area contributed by atoms with Gasteiger partial charge in [-0.3, -0.25) is 0 Å². The third-order valence-electron chi connectivity index (χ3n) is 1.65. The second kappa shape index (κ2) is 2.74. The summed E-state index contributed by atoms with van der Waals surface area (Å²) in [5.41, 5.74) is 2.09. The van der Waals surface area contributed by atoms with Crippen LogP contribution in [0.5, 0.6) is 0 Å². The Bertz CT molecular complexity index is 295. The molecule has 0 N–H and O–H groups in total. The van der Waals surface area contributed by atoms with E-state index >= 15 is 0 Å². The Morgan fingerprint density at radius 2 is 2.27 bits per heavy atom. The smallest absolute Gasteiger partial charge is 0.139 e. The van der Waals surface area contributed by atoms with Crippen molar-refractivity contribution in [3.63, 3.8) is 0 Å². The van der Waals surface area contributed by atoms with Gasteiger partial charge in [0.15, 0.2) is 0 Å². The van der Waals surface area contributed by atoms with Crippen LogP contribution < -0.4 is 0 Å². The summed E-state index contributed by atoms with van der Waals surface area (Å²) in [6.45, 7) is 9.30. The molecule has 0 aliphatic rings. The molecule has 0 aliphatic heterocycles. The first-order chi connectivity index (χ1) is 5.16. The highest BCUT2D eigenvalue weighted by molar-refractivity contribution is 5.71. The van der Waals surface area contributed by atoms with E-state index in [9.17, 15) is 0 Å². The molecule has 1 aromatic rings. The fraction of sp³-hybridized carbons (Fsp3) is 0.222. The monoisotopic (exact) mass is 148 g/mol. The van der Waals surface area contributed by atoms with E-state index in [0.717, 1.165) is 17.0 Å². The number of aryl methyl sites for hydroxylation is 1. The molecule has 0 aromatic carbocycles. The van der Waals surface area contributed by atoms with Gasteiger partial charge in [-0.1, -0.05) is 6.58 Å². The van der Waals surface area contributed by atoms with Crippen LogP contribution in [-0.2, 0) is 7.05 Å². The quantitative estimate of drug-likeness (QED) is 0.573. The van der Waals surface area contributed by atoms with E-state index in [1.54, 1.807) is 0 Å². The van der Waals surface area contributed by atoms with E-state index in [4.69, 9.17) is 0 Å². The predicted octanol–water partition coefficient (Wildman–Crippen LogP) is 2.39. The minimum atomic E-state index is 0.887. The van der Waals surface area contributed by atoms with Crippen molar-refractivity contribution in [1.82, 2.24) is 4.57 Å². The first-order valence-electron chi connectivity index (χ1n) is 3.44. The Kier molecular flexibility index (Phi) is 1.94. The van der Waals surface area contributed by atoms with Crippen LogP contribution in [0.15, 0.2) is 23.8 Å². The van der Waals surface area contributed by atoms with Crippen molar-refractivity contribution in [3.05, 3.63) is 24.4 Å². The van der Waals surface area contributed by atoms with E-state index in [1.807, 2.05) is 30.8 Å². The van der Waals surface area contributed by atoms with Crippen LogP contribution in [0, 0.1) is 0 Å². The Morgan fingerprint density at radius 3 is 2.64 bits per heavy atom. The number of allylic oxidation sites excluding steroid dienone is 1. The van der Waals surface area contributed by atoms with E-state index in [1.165, 1.54) is 0 Å². The molecule has 0 amide bonds. The molecule has 0 fully saturated rings. The van der Waals surface area contributed by atoms with Crippen LogP contribution in [0.3, 0.4) is 0 Å². The second-order valence-electron chi connectivity index (χ2n) is 2.60. The molecule has 1 aromatic heterocycles. The Labute approximate surface area is 66.9 Å². The first kappa shape index (κ1) is 7.79. The van der Waals surface area contributed by atoms with Crippen molar-refractivity contribution in [2.75, 3.05) is 0 Å². The van der Waals surface area contributed by atoms with Crippen LogP contribution >= 0.6 is 0 Å². The van der Waals surface area contributed by atoms with Gasteiger partial charge in [-0.15, -0.1) is 0 Å². The van der Waals surface area contributed by atoms with Crippen molar-refractivity contribution >= 4 is 18.1 Å². The number of rotatable bonds is 2. The molecular weight excluding hydrogens is 136 g/mol. The lowest BCUT2D eigenvalue weighted by atomic mass is 10.2. The maximum Gasteiger partial charge on any atom is 0.139 e. The molecule has 0 saturated heterocycles. The van der Waals surface area contributed by atoms with Crippen LogP contribution in [0.1, 0.15) is 12.5 Å². The lowest BCUT2D eigenvalue weighted by molar-refractivity contribution is 0.926. The zero-order valence-electron chi connectivity index (χ0n) is 6.96. The summed E-state index contributed by atoms with van der Waals surface area (Å²) in [5.74, 6) is 0.887. The fourth-order valence-corrected chi connectivity index (χ4v) is 1.05. The molecule has 58 valence electrons. The van der Waals surface area contributed by atoms with Crippen LogP contribution in [-0.4, -0.2) is 11.3 Å². The zero-order chi connectivity index (χ0) is 8.43. The largest absolute Gasteiger partial charge is 0.336 e. The van der Waals surface area contributed by atoms with Crippen molar-refractivity contribution in [2.45, 2.75) is 6.92 Å². The summed E-state index contributed by atoms with van der Waals surface area (Å²) in [6.07, 6.45) is 1.95. The van der Waals surface area contributed by atoms with Crippen LogP contribution in [0.25, 0.3) is 5.57 Å². The highest BCUT2D eigenvalue weighted by atomic mass is 15.0. The number of hydrogen-bond donors (Lipinski definition) is 0. The molecule has 0 aliphatic carbocycles. The van der Waals surface area contributed by atoms with Crippen LogP contribution in [0.2, 0.25) is 0 Å². The van der Waals surface area contributed by atoms with Crippen molar-refractivity contribution in [2.24, 2.45) is 12.0 Å². The second-order valence-corrected chi connectivity index (χ2v) is 2.60. The van der Waals surface area contributed by atoms with Gasteiger partial charge in [-0.25, -0.2) is 4.99 Å². The zero-order valence-corrected chi connectivity index (χ0v) is 6.96. The van der Waals surface area contributed by atoms with Gasteiger partial charge in [0, 0.05) is 18.8 Å². The van der Waals surface area contributed by atoms with Crippen molar-refractivity contribution in [1.29, 1.82) is 0 Å². The summed E-state index contributed by atoms with van der Waals surface area (Å²) >= 11 is 0. The Balaban J connectivity index is 3.26. The van der Waals surface area contributed by atoms with E-state index < -0.39 is 0 Å². The highest BCUT2D eigenvalue weighted by Crippen LogP contribution is 2.24. The van der Waals surface area contributed by atoms with E-state index in [2.05, 4.69) is 18.3 Å². The molecule has 1 rings (SSSR count). The van der Waals surface area contributed by atoms with Gasteiger partial charge in [0.1, 0.15) is 5.82 Å². The van der Waals surface area contributed by atoms with Gasteiger partial charge < -0.3 is 4.57 Å². The van der Waals surface area contributed by atoms with E-state index in [0.29, 0.717) is 0 Å². The van der Waals surface area contributed by atoms with Crippen molar-refractivity contribution < 1.29 is 0 Å². The van der Waals surface area contributed by atoms with Gasteiger partial charge >= 0.3 is 0 Å². The highest BCUT2D eigenvalue weighted by Gasteiger charge is 2.03. The van der Waals surface area contributed by atoms with Crippen molar-refractivity contribution in [3.8, 4) is 0 Å². The molecule has 2 heteroatoms. The van der Waals surface area contributed by atoms with Crippen LogP contribution in [0.4, 0.5) is 5.82 Å². The molecule has 0 saturated carbocycles. The topological polar surface area (TPSA) is 17.3 Å². The lowest BCUT2D eigenvalue weighted by Crippen LogP contribution is -1.83. The normalized spacial score (nSPS) is 9.64. The number of aromatic nitrogens is 1. The summed E-state index contributed by atoms with van der Waals surface area (Å²) < 4.78 is 1.93. The lowest BCUT2D eigenvalue weighted by Gasteiger charge is -1.99. The Morgan fingerprint density at radius 1 is 1.64 bits per heavy atom. The van der Waals surface area contributed by atoms with Gasteiger partial charge in [-0.2, -0.15) is 0 Å². The van der Waals surface area contributed by atoms with E-state index in [-0.39, 0.29) is 0 Å². The molecule has 0 bridgehead atoms. The third kappa shape index (κ3) is 1.24. The predicted molar refractivity (Wildman–Crippen MR) is 49.3 cm³/mol. The summed E-state index contributed by atoms with van der Waals surface area (Å²) in [5, 5.41) is 0. The maximum atomic E-state index is 3.90. The molecular formula is C9H12N2. The minimum Gasteiger partial charge on any atom is -0.336 e. The Hall–Kier alpha value is -1.31. The number of aliphatic imine (C=N–C) groups is 1.